The fraction of sp³-hybridized carbons (Fsp3) is 0.105. The van der Waals surface area contributed by atoms with Gasteiger partial charge < -0.3 is 9.84 Å². The van der Waals surface area contributed by atoms with Gasteiger partial charge in [0.2, 0.25) is 0 Å². The SMILES string of the molecule is O=C1C=CC2C(=C1)Oc1cc(O)ccc1C2c1ccccc1. The highest BCUT2D eigenvalue weighted by Crippen LogP contribution is 2.47. The molecule has 1 aliphatic carbocycles. The highest BCUT2D eigenvalue weighted by Gasteiger charge is 2.36. The molecule has 0 aromatic heterocycles. The van der Waals surface area contributed by atoms with Gasteiger partial charge in [-0.1, -0.05) is 42.5 Å². The molecule has 0 saturated carbocycles. The van der Waals surface area contributed by atoms with Crippen molar-refractivity contribution in [1.82, 2.24) is 0 Å². The van der Waals surface area contributed by atoms with Crippen LogP contribution in [0.15, 0.2) is 72.5 Å². The molecule has 3 nitrogen and oxygen atoms in total. The molecule has 2 aromatic rings. The molecular formula is C19H14O3. The molecule has 1 heterocycles. The molecule has 3 heteroatoms. The Kier molecular flexibility index (Phi) is 2.86. The number of hydrogen-bond donors (Lipinski definition) is 1. The summed E-state index contributed by atoms with van der Waals surface area (Å²) in [7, 11) is 0. The van der Waals surface area contributed by atoms with Gasteiger partial charge in [0.15, 0.2) is 5.78 Å². The Morgan fingerprint density at radius 1 is 1.05 bits per heavy atom. The predicted molar refractivity (Wildman–Crippen MR) is 82.7 cm³/mol. The van der Waals surface area contributed by atoms with Crippen LogP contribution in [0.25, 0.3) is 0 Å². The Balaban J connectivity index is 1.92. The number of ketones is 1. The molecule has 0 saturated heterocycles. The largest absolute Gasteiger partial charge is 0.508 e. The van der Waals surface area contributed by atoms with Gasteiger partial charge in [-0.2, -0.15) is 0 Å². The number of hydrogen-bond acceptors (Lipinski definition) is 3. The molecule has 108 valence electrons. The lowest BCUT2D eigenvalue weighted by Crippen LogP contribution is -2.26. The van der Waals surface area contributed by atoms with E-state index in [9.17, 15) is 9.90 Å². The van der Waals surface area contributed by atoms with Crippen LogP contribution in [0.2, 0.25) is 0 Å². The third-order valence-electron chi connectivity index (χ3n) is 4.16. The van der Waals surface area contributed by atoms with Crippen molar-refractivity contribution in [2.24, 2.45) is 5.92 Å². The molecule has 2 aromatic carbocycles. The Labute approximate surface area is 128 Å². The quantitative estimate of drug-likeness (QED) is 0.873. The number of rotatable bonds is 1. The summed E-state index contributed by atoms with van der Waals surface area (Å²) < 4.78 is 5.87. The van der Waals surface area contributed by atoms with E-state index in [1.165, 1.54) is 6.08 Å². The lowest BCUT2D eigenvalue weighted by Gasteiger charge is -2.35. The van der Waals surface area contributed by atoms with E-state index < -0.39 is 0 Å². The van der Waals surface area contributed by atoms with E-state index in [4.69, 9.17) is 4.74 Å². The standard InChI is InChI=1S/C19H14O3/c20-13-6-8-15-17(10-13)22-18-11-14(21)7-9-16(18)19(15)12-4-2-1-3-5-12/h1-11,15,19,21H. The second-order valence-corrected chi connectivity index (χ2v) is 5.55. The van der Waals surface area contributed by atoms with E-state index in [1.807, 2.05) is 30.3 Å². The van der Waals surface area contributed by atoms with Crippen LogP contribution in [0, 0.1) is 5.92 Å². The van der Waals surface area contributed by atoms with E-state index in [-0.39, 0.29) is 23.4 Å². The van der Waals surface area contributed by atoms with Gasteiger partial charge >= 0.3 is 0 Å². The number of phenols is 1. The smallest absolute Gasteiger partial charge is 0.181 e. The van der Waals surface area contributed by atoms with Gasteiger partial charge in [0.25, 0.3) is 0 Å². The van der Waals surface area contributed by atoms with Crippen molar-refractivity contribution in [3.8, 4) is 11.5 Å². The van der Waals surface area contributed by atoms with Gasteiger partial charge in [-0.15, -0.1) is 0 Å². The minimum Gasteiger partial charge on any atom is -0.508 e. The van der Waals surface area contributed by atoms with E-state index in [1.54, 1.807) is 18.2 Å². The van der Waals surface area contributed by atoms with Crippen molar-refractivity contribution in [2.45, 2.75) is 5.92 Å². The first kappa shape index (κ1) is 12.9. The minimum atomic E-state index is -0.0679. The molecule has 22 heavy (non-hydrogen) atoms. The molecule has 0 fully saturated rings. The molecule has 0 bridgehead atoms. The monoisotopic (exact) mass is 290 g/mol. The van der Waals surface area contributed by atoms with Gasteiger partial charge in [0, 0.05) is 29.5 Å². The fourth-order valence-corrected chi connectivity index (χ4v) is 3.19. The maximum atomic E-state index is 11.6. The number of phenolic OH excluding ortho intramolecular Hbond substituents is 1. The summed E-state index contributed by atoms with van der Waals surface area (Å²) in [4.78, 5) is 11.6. The molecule has 2 unspecified atom stereocenters. The minimum absolute atomic E-state index is 0.00265. The molecule has 0 amide bonds. The van der Waals surface area contributed by atoms with Gasteiger partial charge in [-0.25, -0.2) is 0 Å². The first-order chi connectivity index (χ1) is 10.7. The molecule has 2 atom stereocenters. The number of allylic oxidation sites excluding steroid dienone is 3. The Hall–Kier alpha value is -2.81. The zero-order chi connectivity index (χ0) is 15.1. The molecular weight excluding hydrogens is 276 g/mol. The lowest BCUT2D eigenvalue weighted by molar-refractivity contribution is -0.110. The van der Waals surface area contributed by atoms with Gasteiger partial charge in [-0.05, 0) is 17.7 Å². The average Bonchev–Trinajstić information content (AvgIpc) is 2.53. The number of carbonyl (C=O) groups excluding carboxylic acids is 1. The van der Waals surface area contributed by atoms with Crippen LogP contribution in [0.3, 0.4) is 0 Å². The number of aromatic hydroxyl groups is 1. The van der Waals surface area contributed by atoms with E-state index >= 15 is 0 Å². The summed E-state index contributed by atoms with van der Waals surface area (Å²) in [6, 6.07) is 15.3. The van der Waals surface area contributed by atoms with Crippen molar-refractivity contribution in [3.63, 3.8) is 0 Å². The highest BCUT2D eigenvalue weighted by atomic mass is 16.5. The zero-order valence-electron chi connectivity index (χ0n) is 11.8. The molecule has 1 N–H and O–H groups in total. The first-order valence-corrected chi connectivity index (χ1v) is 7.22. The van der Waals surface area contributed by atoms with E-state index in [0.717, 1.165) is 11.1 Å². The maximum absolute atomic E-state index is 11.6. The number of ether oxygens (including phenoxy) is 1. The second-order valence-electron chi connectivity index (χ2n) is 5.55. The molecule has 2 aliphatic rings. The third-order valence-corrected chi connectivity index (χ3v) is 4.16. The van der Waals surface area contributed by atoms with Crippen LogP contribution in [-0.4, -0.2) is 10.9 Å². The van der Waals surface area contributed by atoms with Crippen molar-refractivity contribution in [1.29, 1.82) is 0 Å². The predicted octanol–water partition coefficient (Wildman–Crippen LogP) is 3.56. The van der Waals surface area contributed by atoms with Crippen LogP contribution in [-0.2, 0) is 4.79 Å². The molecule has 0 spiro atoms. The normalized spacial score (nSPS) is 22.4. The van der Waals surface area contributed by atoms with Gasteiger partial charge in [0.05, 0.1) is 0 Å². The van der Waals surface area contributed by atoms with Crippen molar-refractivity contribution in [2.75, 3.05) is 0 Å². The number of fused-ring (bicyclic) bond motifs is 2. The van der Waals surface area contributed by atoms with Crippen molar-refractivity contribution < 1.29 is 14.6 Å². The van der Waals surface area contributed by atoms with Crippen LogP contribution >= 0.6 is 0 Å². The fourth-order valence-electron chi connectivity index (χ4n) is 3.19. The Morgan fingerprint density at radius 2 is 1.86 bits per heavy atom. The molecule has 0 radical (unpaired) electrons. The van der Waals surface area contributed by atoms with Gasteiger partial charge in [-0.3, -0.25) is 4.79 Å². The van der Waals surface area contributed by atoms with E-state index in [2.05, 4.69) is 12.1 Å². The number of carbonyl (C=O) groups is 1. The van der Waals surface area contributed by atoms with E-state index in [0.29, 0.717) is 11.5 Å². The summed E-state index contributed by atoms with van der Waals surface area (Å²) >= 11 is 0. The zero-order valence-corrected chi connectivity index (χ0v) is 11.8. The number of benzene rings is 2. The topological polar surface area (TPSA) is 46.5 Å². The van der Waals surface area contributed by atoms with Crippen molar-refractivity contribution in [3.05, 3.63) is 83.6 Å². The van der Waals surface area contributed by atoms with Crippen molar-refractivity contribution >= 4 is 5.78 Å². The Bertz CT molecular complexity index is 803. The maximum Gasteiger partial charge on any atom is 0.181 e. The summed E-state index contributed by atoms with van der Waals surface area (Å²) in [5.41, 5.74) is 2.18. The van der Waals surface area contributed by atoms with Crippen LogP contribution in [0.1, 0.15) is 17.0 Å². The first-order valence-electron chi connectivity index (χ1n) is 7.22. The third kappa shape index (κ3) is 2.02. The average molecular weight is 290 g/mol. The van der Waals surface area contributed by atoms with Crippen LogP contribution in [0.5, 0.6) is 11.5 Å². The Morgan fingerprint density at radius 3 is 2.68 bits per heavy atom. The van der Waals surface area contributed by atoms with Gasteiger partial charge in [0.1, 0.15) is 17.3 Å². The summed E-state index contributed by atoms with van der Waals surface area (Å²) in [5.74, 6) is 1.40. The summed E-state index contributed by atoms with van der Waals surface area (Å²) in [6.45, 7) is 0. The lowest BCUT2D eigenvalue weighted by atomic mass is 9.76. The highest BCUT2D eigenvalue weighted by molar-refractivity contribution is 6.00. The summed E-state index contributed by atoms with van der Waals surface area (Å²) in [6.07, 6.45) is 5.04. The molecule has 4 rings (SSSR count). The second kappa shape index (κ2) is 4.88. The molecule has 1 aliphatic heterocycles. The van der Waals surface area contributed by atoms with Crippen LogP contribution in [0.4, 0.5) is 0 Å². The summed E-state index contributed by atoms with van der Waals surface area (Å²) in [5, 5.41) is 9.71. The van der Waals surface area contributed by atoms with Crippen LogP contribution < -0.4 is 4.74 Å².